The lowest BCUT2D eigenvalue weighted by Gasteiger charge is -2.20. The van der Waals surface area contributed by atoms with E-state index in [-0.39, 0.29) is 36.4 Å². The molecule has 2 rings (SSSR count). The van der Waals surface area contributed by atoms with E-state index in [2.05, 4.69) is 10.3 Å². The molecule has 21 heavy (non-hydrogen) atoms. The molecule has 1 unspecified atom stereocenters. The molecule has 0 aromatic carbocycles. The molecule has 0 radical (unpaired) electrons. The molecule has 0 spiro atoms. The maximum atomic E-state index is 13.9. The number of piperidine rings is 1. The topological polar surface area (TPSA) is 113 Å². The maximum Gasteiger partial charge on any atom is 0.265 e. The van der Waals surface area contributed by atoms with Crippen LogP contribution < -0.4 is 5.32 Å². The van der Waals surface area contributed by atoms with E-state index in [0.29, 0.717) is 0 Å². The van der Waals surface area contributed by atoms with Crippen molar-refractivity contribution in [3.63, 3.8) is 0 Å². The first-order valence-corrected chi connectivity index (χ1v) is 7.80. The molecule has 1 aliphatic rings. The summed E-state index contributed by atoms with van der Waals surface area (Å²) in [5.74, 6) is -2.91. The number of carbonyl (C=O) groups excluding carboxylic acids is 2. The van der Waals surface area contributed by atoms with Gasteiger partial charge in [0.15, 0.2) is 0 Å². The molecule has 114 valence electrons. The van der Waals surface area contributed by atoms with E-state index >= 15 is 0 Å². The van der Waals surface area contributed by atoms with Crippen LogP contribution in [-0.4, -0.2) is 35.5 Å². The van der Waals surface area contributed by atoms with Crippen LogP contribution in [-0.2, 0) is 26.1 Å². The average Bonchev–Trinajstić information content (AvgIpc) is 2.36. The number of carbonyl (C=O) groups is 2. The van der Waals surface area contributed by atoms with Gasteiger partial charge < -0.3 is 0 Å². The normalized spacial score (nSPS) is 19.4. The van der Waals surface area contributed by atoms with Gasteiger partial charge in [0.25, 0.3) is 10.1 Å². The van der Waals surface area contributed by atoms with E-state index in [1.807, 2.05) is 0 Å². The molecule has 7 nitrogen and oxygen atoms in total. The van der Waals surface area contributed by atoms with Crippen molar-refractivity contribution in [1.82, 2.24) is 10.3 Å². The predicted molar refractivity (Wildman–Crippen MR) is 69.4 cm³/mol. The van der Waals surface area contributed by atoms with Crippen molar-refractivity contribution in [2.24, 2.45) is 0 Å². The molecule has 2 amide bonds. The van der Waals surface area contributed by atoms with Gasteiger partial charge in [0.1, 0.15) is 5.82 Å². The third kappa shape index (κ3) is 4.05. The zero-order chi connectivity index (χ0) is 15.6. The summed E-state index contributed by atoms with van der Waals surface area (Å²) in [6.07, 6.45) is 1.33. The summed E-state index contributed by atoms with van der Waals surface area (Å²) in [4.78, 5) is 26.6. The van der Waals surface area contributed by atoms with Crippen LogP contribution >= 0.6 is 0 Å². The van der Waals surface area contributed by atoms with Crippen LogP contribution in [0.4, 0.5) is 4.39 Å². The first-order chi connectivity index (χ1) is 9.76. The molecule has 0 bridgehead atoms. The van der Waals surface area contributed by atoms with Crippen molar-refractivity contribution in [1.29, 1.82) is 0 Å². The Morgan fingerprint density at radius 2 is 2.14 bits per heavy atom. The summed E-state index contributed by atoms with van der Waals surface area (Å²) in [5.41, 5.74) is 0.219. The van der Waals surface area contributed by atoms with Crippen LogP contribution in [0.15, 0.2) is 12.3 Å². The van der Waals surface area contributed by atoms with Crippen LogP contribution in [0.5, 0.6) is 0 Å². The lowest BCUT2D eigenvalue weighted by Crippen LogP contribution is -2.39. The van der Waals surface area contributed by atoms with Gasteiger partial charge in [0, 0.05) is 18.2 Å². The minimum absolute atomic E-state index is 0.0312. The Balaban J connectivity index is 2.15. The monoisotopic (exact) mass is 316 g/mol. The molecule has 2 heterocycles. The van der Waals surface area contributed by atoms with Gasteiger partial charge >= 0.3 is 0 Å². The minimum atomic E-state index is -4.18. The molecule has 1 saturated heterocycles. The second-order valence-electron chi connectivity index (χ2n) is 4.74. The summed E-state index contributed by atoms with van der Waals surface area (Å²) in [6.45, 7) is 0. The fourth-order valence-corrected chi connectivity index (χ4v) is 2.54. The highest BCUT2D eigenvalue weighted by Gasteiger charge is 2.29. The number of nitrogens with zero attached hydrogens (tertiary/aromatic N) is 1. The summed E-state index contributed by atoms with van der Waals surface area (Å²) in [6, 6.07) is 1.05. The van der Waals surface area contributed by atoms with Crippen molar-refractivity contribution in [2.45, 2.75) is 25.2 Å². The van der Waals surface area contributed by atoms with Crippen LogP contribution in [0.25, 0.3) is 0 Å². The van der Waals surface area contributed by atoms with E-state index in [1.165, 1.54) is 0 Å². The Hall–Kier alpha value is -1.87. The van der Waals surface area contributed by atoms with Crippen LogP contribution in [0.3, 0.4) is 0 Å². The Morgan fingerprint density at radius 1 is 1.43 bits per heavy atom. The van der Waals surface area contributed by atoms with Crippen molar-refractivity contribution in [3.8, 4) is 0 Å². The van der Waals surface area contributed by atoms with Gasteiger partial charge in [0.2, 0.25) is 11.8 Å². The number of halogens is 1. The SMILES string of the molecule is O=C1CCC(c2cc(F)c(CCS(=O)(=O)O)cn2)C(=O)N1. The number of rotatable bonds is 4. The molecule has 2 N–H and O–H groups in total. The lowest BCUT2D eigenvalue weighted by molar-refractivity contribution is -0.134. The number of imide groups is 1. The van der Waals surface area contributed by atoms with E-state index in [1.54, 1.807) is 0 Å². The Kier molecular flexibility index (Phi) is 4.33. The third-order valence-electron chi connectivity index (χ3n) is 3.18. The van der Waals surface area contributed by atoms with E-state index in [4.69, 9.17) is 4.55 Å². The van der Waals surface area contributed by atoms with Crippen molar-refractivity contribution < 1.29 is 27.0 Å². The van der Waals surface area contributed by atoms with Gasteiger partial charge in [-0.25, -0.2) is 4.39 Å². The average molecular weight is 316 g/mol. The fourth-order valence-electron chi connectivity index (χ4n) is 2.06. The van der Waals surface area contributed by atoms with Gasteiger partial charge in [0.05, 0.1) is 17.4 Å². The van der Waals surface area contributed by atoms with E-state index in [0.717, 1.165) is 12.3 Å². The number of hydrogen-bond donors (Lipinski definition) is 2. The fraction of sp³-hybridized carbons (Fsp3) is 0.417. The summed E-state index contributed by atoms with van der Waals surface area (Å²) in [7, 11) is -4.18. The number of amides is 2. The molecule has 1 aliphatic heterocycles. The van der Waals surface area contributed by atoms with Gasteiger partial charge in [-0.05, 0) is 18.9 Å². The highest BCUT2D eigenvalue weighted by molar-refractivity contribution is 7.85. The standard InChI is InChI=1S/C12H13FN2O5S/c13-9-5-10(8-1-2-11(16)15-12(8)17)14-6-7(9)3-4-21(18,19)20/h5-6,8H,1-4H2,(H,15,16,17)(H,18,19,20). The van der Waals surface area contributed by atoms with Crippen molar-refractivity contribution in [2.75, 3.05) is 5.75 Å². The summed E-state index contributed by atoms with van der Waals surface area (Å²) < 4.78 is 43.8. The Labute approximate surface area is 120 Å². The molecule has 9 heteroatoms. The molecule has 1 atom stereocenters. The zero-order valence-corrected chi connectivity index (χ0v) is 11.7. The number of pyridine rings is 1. The van der Waals surface area contributed by atoms with E-state index < -0.39 is 33.5 Å². The van der Waals surface area contributed by atoms with Crippen LogP contribution in [0, 0.1) is 5.82 Å². The number of hydrogen-bond acceptors (Lipinski definition) is 5. The second-order valence-corrected chi connectivity index (χ2v) is 6.31. The first kappa shape index (κ1) is 15.5. The second kappa shape index (κ2) is 5.86. The van der Waals surface area contributed by atoms with Gasteiger partial charge in [-0.2, -0.15) is 8.42 Å². The maximum absolute atomic E-state index is 13.9. The Morgan fingerprint density at radius 3 is 2.71 bits per heavy atom. The molecule has 1 aromatic rings. The number of aromatic nitrogens is 1. The van der Waals surface area contributed by atoms with Crippen LogP contribution in [0.2, 0.25) is 0 Å². The summed E-state index contributed by atoms with van der Waals surface area (Å²) >= 11 is 0. The minimum Gasteiger partial charge on any atom is -0.296 e. The van der Waals surface area contributed by atoms with Crippen molar-refractivity contribution >= 4 is 21.9 Å². The molecule has 0 saturated carbocycles. The number of aryl methyl sites for hydroxylation is 1. The smallest absolute Gasteiger partial charge is 0.265 e. The quantitative estimate of drug-likeness (QED) is 0.605. The lowest BCUT2D eigenvalue weighted by atomic mass is 9.94. The third-order valence-corrected chi connectivity index (χ3v) is 3.90. The molecule has 1 aromatic heterocycles. The van der Waals surface area contributed by atoms with Crippen molar-refractivity contribution in [3.05, 3.63) is 29.3 Å². The van der Waals surface area contributed by atoms with Crippen LogP contribution in [0.1, 0.15) is 30.0 Å². The first-order valence-electron chi connectivity index (χ1n) is 6.19. The predicted octanol–water partition coefficient (Wildman–Crippen LogP) is 0.171. The molecular formula is C12H13FN2O5S. The van der Waals surface area contributed by atoms with Gasteiger partial charge in [-0.15, -0.1) is 0 Å². The highest BCUT2D eigenvalue weighted by Crippen LogP contribution is 2.24. The van der Waals surface area contributed by atoms with E-state index in [9.17, 15) is 22.4 Å². The largest absolute Gasteiger partial charge is 0.296 e. The number of nitrogens with one attached hydrogen (secondary N) is 1. The van der Waals surface area contributed by atoms with Gasteiger partial charge in [-0.3, -0.25) is 24.4 Å². The molecule has 1 fully saturated rings. The van der Waals surface area contributed by atoms with Gasteiger partial charge in [-0.1, -0.05) is 0 Å². The zero-order valence-electron chi connectivity index (χ0n) is 10.9. The molecular weight excluding hydrogens is 303 g/mol. The summed E-state index contributed by atoms with van der Waals surface area (Å²) in [5, 5.41) is 2.15. The Bertz CT molecular complexity index is 689. The molecule has 0 aliphatic carbocycles. The highest BCUT2D eigenvalue weighted by atomic mass is 32.2.